The fourth-order valence-electron chi connectivity index (χ4n) is 7.21. The molecule has 0 radical (unpaired) electrons. The topological polar surface area (TPSA) is 58.4 Å². The van der Waals surface area contributed by atoms with Crippen molar-refractivity contribution in [3.05, 3.63) is 88.5 Å². The number of hydrogen-bond donors (Lipinski definition) is 0. The molecule has 2 amide bonds. The maximum atomic E-state index is 13.7. The highest BCUT2D eigenvalue weighted by Gasteiger charge is 2.53. The van der Waals surface area contributed by atoms with Crippen molar-refractivity contribution in [3.8, 4) is 0 Å². The number of aromatic nitrogens is 2. The van der Waals surface area contributed by atoms with Gasteiger partial charge in [0.05, 0.1) is 34.5 Å². The van der Waals surface area contributed by atoms with E-state index < -0.39 is 17.2 Å². The molecule has 2 aromatic carbocycles. The van der Waals surface area contributed by atoms with E-state index in [0.717, 1.165) is 55.8 Å². The Morgan fingerprint density at radius 1 is 0.837 bits per heavy atom. The Kier molecular flexibility index (Phi) is 6.85. The fourth-order valence-corrected chi connectivity index (χ4v) is 7.21. The van der Waals surface area contributed by atoms with Crippen molar-refractivity contribution in [2.75, 3.05) is 26.2 Å². The second-order valence-corrected chi connectivity index (χ2v) is 12.6. The summed E-state index contributed by atoms with van der Waals surface area (Å²) in [4.78, 5) is 30.9. The zero-order valence-electron chi connectivity index (χ0n) is 23.8. The highest BCUT2D eigenvalue weighted by molar-refractivity contribution is 5.96. The summed E-state index contributed by atoms with van der Waals surface area (Å²) in [6.45, 7) is 1.83. The molecule has 3 heterocycles. The number of nitrogens with zero attached hydrogens (tertiary/aromatic N) is 4. The Hall–Kier alpha value is -3.69. The van der Waals surface area contributed by atoms with Crippen LogP contribution in [0, 0.1) is 5.82 Å². The summed E-state index contributed by atoms with van der Waals surface area (Å²) in [6, 6.07) is 12.0. The number of carbonyl (C=O) groups excluding carboxylic acids is 2. The highest BCUT2D eigenvalue weighted by atomic mass is 19.4. The third-order valence-electron chi connectivity index (χ3n) is 9.86. The van der Waals surface area contributed by atoms with Crippen LogP contribution in [0.4, 0.5) is 17.6 Å². The Morgan fingerprint density at radius 3 is 2.16 bits per heavy atom. The van der Waals surface area contributed by atoms with Crippen molar-refractivity contribution in [2.45, 2.75) is 74.4 Å². The lowest BCUT2D eigenvalue weighted by Crippen LogP contribution is -2.44. The monoisotopic (exact) mass is 594 g/mol. The molecule has 0 bridgehead atoms. The van der Waals surface area contributed by atoms with Crippen molar-refractivity contribution in [1.82, 2.24) is 19.6 Å². The summed E-state index contributed by atoms with van der Waals surface area (Å²) in [5, 5.41) is 4.69. The Morgan fingerprint density at radius 2 is 1.51 bits per heavy atom. The second kappa shape index (κ2) is 10.5. The molecule has 1 unspecified atom stereocenters. The van der Waals surface area contributed by atoms with E-state index in [0.29, 0.717) is 31.6 Å². The number of hydrogen-bond acceptors (Lipinski definition) is 3. The molecule has 226 valence electrons. The molecule has 43 heavy (non-hydrogen) atoms. The first-order valence-electron chi connectivity index (χ1n) is 15.2. The summed E-state index contributed by atoms with van der Waals surface area (Å²) in [5.74, 6) is -0.492. The molecule has 4 aliphatic rings. The van der Waals surface area contributed by atoms with Crippen LogP contribution >= 0.6 is 0 Å². The van der Waals surface area contributed by atoms with Crippen LogP contribution in [0.1, 0.15) is 95.6 Å². The van der Waals surface area contributed by atoms with Crippen LogP contribution in [0.3, 0.4) is 0 Å². The number of benzene rings is 2. The van der Waals surface area contributed by atoms with Gasteiger partial charge in [-0.05, 0) is 74.3 Å². The zero-order chi connectivity index (χ0) is 29.9. The molecule has 2 saturated carbocycles. The number of carbonyl (C=O) groups is 2. The van der Waals surface area contributed by atoms with Gasteiger partial charge in [0.25, 0.3) is 5.91 Å². The number of rotatable bonds is 6. The lowest BCUT2D eigenvalue weighted by atomic mass is 9.92. The van der Waals surface area contributed by atoms with Crippen LogP contribution in [0.25, 0.3) is 0 Å². The molecule has 4 fully saturated rings. The SMILES string of the molecule is O=C(c1cnn(C2CCN(C(=O)C3(c4ccc(F)cc4)CC3)CC2)c1C1CC1)N1CCC(c2ccccc2C(F)(F)F)C1. The average Bonchev–Trinajstić information content (AvgIpc) is 3.92. The minimum absolute atomic E-state index is 0.0622. The van der Waals surface area contributed by atoms with E-state index in [9.17, 15) is 27.2 Å². The molecule has 1 aromatic heterocycles. The van der Waals surface area contributed by atoms with Gasteiger partial charge in [0.1, 0.15) is 5.82 Å². The predicted molar refractivity (Wildman–Crippen MR) is 151 cm³/mol. The van der Waals surface area contributed by atoms with Crippen molar-refractivity contribution in [2.24, 2.45) is 0 Å². The van der Waals surface area contributed by atoms with Gasteiger partial charge in [-0.25, -0.2) is 4.39 Å². The molecule has 10 heteroatoms. The van der Waals surface area contributed by atoms with Crippen LogP contribution in [0.15, 0.2) is 54.7 Å². The zero-order valence-corrected chi connectivity index (χ0v) is 23.8. The third-order valence-corrected chi connectivity index (χ3v) is 9.86. The van der Waals surface area contributed by atoms with Crippen LogP contribution < -0.4 is 0 Å². The normalized spacial score (nSPS) is 22.2. The van der Waals surface area contributed by atoms with Gasteiger partial charge in [-0.3, -0.25) is 14.3 Å². The molecule has 2 aliphatic carbocycles. The van der Waals surface area contributed by atoms with E-state index in [2.05, 4.69) is 5.10 Å². The predicted octanol–water partition coefficient (Wildman–Crippen LogP) is 6.44. The first-order chi connectivity index (χ1) is 20.7. The number of amides is 2. The minimum Gasteiger partial charge on any atom is -0.342 e. The van der Waals surface area contributed by atoms with Crippen LogP contribution in [0.5, 0.6) is 0 Å². The fraction of sp³-hybridized carbons (Fsp3) is 0.485. The summed E-state index contributed by atoms with van der Waals surface area (Å²) < 4.78 is 56.4. The molecule has 2 saturated heterocycles. The lowest BCUT2D eigenvalue weighted by Gasteiger charge is -2.35. The van der Waals surface area contributed by atoms with Gasteiger partial charge in [-0.1, -0.05) is 30.3 Å². The number of likely N-dealkylation sites (tertiary alicyclic amines) is 2. The van der Waals surface area contributed by atoms with E-state index in [1.807, 2.05) is 9.58 Å². The van der Waals surface area contributed by atoms with Gasteiger partial charge in [0, 0.05) is 38.0 Å². The van der Waals surface area contributed by atoms with Gasteiger partial charge in [0.2, 0.25) is 5.91 Å². The molecule has 6 nitrogen and oxygen atoms in total. The Labute approximate surface area is 247 Å². The molecular formula is C33H34F4N4O2. The minimum atomic E-state index is -4.44. The maximum Gasteiger partial charge on any atom is 0.416 e. The molecule has 0 spiro atoms. The molecule has 2 aliphatic heterocycles. The third kappa shape index (κ3) is 5.12. The van der Waals surface area contributed by atoms with Gasteiger partial charge >= 0.3 is 6.18 Å². The van der Waals surface area contributed by atoms with E-state index in [4.69, 9.17) is 0 Å². The van der Waals surface area contributed by atoms with Crippen LogP contribution in [-0.2, 0) is 16.4 Å². The second-order valence-electron chi connectivity index (χ2n) is 12.6. The highest BCUT2D eigenvalue weighted by Crippen LogP contribution is 2.50. The Bertz CT molecular complexity index is 1530. The quantitative estimate of drug-likeness (QED) is 0.309. The maximum absolute atomic E-state index is 13.7. The molecule has 3 aromatic rings. The molecule has 1 atom stereocenters. The largest absolute Gasteiger partial charge is 0.416 e. The van der Waals surface area contributed by atoms with Gasteiger partial charge in [0.15, 0.2) is 0 Å². The van der Waals surface area contributed by atoms with E-state index in [1.165, 1.54) is 24.3 Å². The Balaban J connectivity index is 1.04. The van der Waals surface area contributed by atoms with Gasteiger partial charge < -0.3 is 9.80 Å². The van der Waals surface area contributed by atoms with Crippen molar-refractivity contribution < 1.29 is 27.2 Å². The first-order valence-corrected chi connectivity index (χ1v) is 15.2. The summed E-state index contributed by atoms with van der Waals surface area (Å²) in [5.41, 5.74) is 1.43. The van der Waals surface area contributed by atoms with E-state index in [1.54, 1.807) is 29.3 Å². The van der Waals surface area contributed by atoms with Crippen LogP contribution in [0.2, 0.25) is 0 Å². The first kappa shape index (κ1) is 28.1. The summed E-state index contributed by atoms with van der Waals surface area (Å²) in [7, 11) is 0. The van der Waals surface area contributed by atoms with Gasteiger partial charge in [-0.15, -0.1) is 0 Å². The van der Waals surface area contributed by atoms with Crippen molar-refractivity contribution in [1.29, 1.82) is 0 Å². The van der Waals surface area contributed by atoms with Crippen molar-refractivity contribution in [3.63, 3.8) is 0 Å². The number of alkyl halides is 3. The molecule has 0 N–H and O–H groups in total. The van der Waals surface area contributed by atoms with E-state index in [-0.39, 0.29) is 47.6 Å². The molecule has 7 rings (SSSR count). The lowest BCUT2D eigenvalue weighted by molar-refractivity contribution is -0.138. The van der Waals surface area contributed by atoms with Crippen LogP contribution in [-0.4, -0.2) is 57.6 Å². The number of piperidine rings is 1. The van der Waals surface area contributed by atoms with E-state index >= 15 is 0 Å². The smallest absolute Gasteiger partial charge is 0.342 e. The standard InChI is InChI=1S/C33H34F4N4O2/c34-24-9-7-23(8-10-24)32(14-15-32)31(43)39-17-12-25(13-18-39)41-29(21-5-6-21)27(19-38-41)30(42)40-16-11-22(20-40)26-3-1-2-4-28(26)33(35,36)37/h1-4,7-10,19,21-22,25H,5-6,11-18,20H2. The summed E-state index contributed by atoms with van der Waals surface area (Å²) >= 11 is 0. The average molecular weight is 595 g/mol. The summed E-state index contributed by atoms with van der Waals surface area (Å²) in [6.07, 6.45) is 2.63. The van der Waals surface area contributed by atoms with Gasteiger partial charge in [-0.2, -0.15) is 18.3 Å². The number of halogens is 4. The molecular weight excluding hydrogens is 560 g/mol. The van der Waals surface area contributed by atoms with Crippen molar-refractivity contribution >= 4 is 11.8 Å².